The molecule has 12 rings (SSSR count). The van der Waals surface area contributed by atoms with E-state index in [0.29, 0.717) is 0 Å². The first-order valence-electron chi connectivity index (χ1n) is 18.0. The molecule has 11 aromatic rings. The zero-order chi connectivity index (χ0) is 33.9. The van der Waals surface area contributed by atoms with E-state index in [1.807, 2.05) is 11.3 Å². The van der Waals surface area contributed by atoms with Crippen molar-refractivity contribution in [2.75, 3.05) is 4.90 Å². The molecule has 0 fully saturated rings. The number of hydrogen-bond donors (Lipinski definition) is 0. The molecular weight excluding hydrogens is 649 g/mol. The Morgan fingerprint density at radius 1 is 0.442 bits per heavy atom. The van der Waals surface area contributed by atoms with Gasteiger partial charge in [0.2, 0.25) is 0 Å². The molecule has 0 radical (unpaired) electrons. The molecule has 242 valence electrons. The van der Waals surface area contributed by atoms with Crippen molar-refractivity contribution in [3.63, 3.8) is 0 Å². The summed E-state index contributed by atoms with van der Waals surface area (Å²) in [6.45, 7) is 0. The third kappa shape index (κ3) is 3.89. The molecule has 0 saturated carbocycles. The lowest BCUT2D eigenvalue weighted by Gasteiger charge is -2.27. The van der Waals surface area contributed by atoms with Crippen molar-refractivity contribution < 1.29 is 0 Å². The Balaban J connectivity index is 1.08. The monoisotopic (exact) mass is 678 g/mol. The van der Waals surface area contributed by atoms with Gasteiger partial charge < -0.3 is 9.30 Å². The Bertz CT molecular complexity index is 3220. The highest BCUT2D eigenvalue weighted by Crippen LogP contribution is 2.49. The highest BCUT2D eigenvalue weighted by molar-refractivity contribution is 7.25. The lowest BCUT2D eigenvalue weighted by molar-refractivity contribution is 1.25. The Morgan fingerprint density at radius 2 is 1.10 bits per heavy atom. The van der Waals surface area contributed by atoms with Crippen LogP contribution in [0.3, 0.4) is 0 Å². The first-order chi connectivity index (χ1) is 25.8. The number of nitrogens with zero attached hydrogens (tertiary/aromatic N) is 2. The van der Waals surface area contributed by atoms with Crippen LogP contribution < -0.4 is 4.90 Å². The molecule has 0 atom stereocenters. The van der Waals surface area contributed by atoms with Gasteiger partial charge in [-0.2, -0.15) is 0 Å². The minimum absolute atomic E-state index is 0.981. The highest BCUT2D eigenvalue weighted by Gasteiger charge is 2.25. The third-order valence-corrected chi connectivity index (χ3v) is 12.5. The van der Waals surface area contributed by atoms with Crippen LogP contribution in [0.15, 0.2) is 170 Å². The van der Waals surface area contributed by atoms with Crippen LogP contribution >= 0.6 is 11.3 Å². The van der Waals surface area contributed by atoms with Gasteiger partial charge in [0.1, 0.15) is 0 Å². The molecule has 3 heterocycles. The molecule has 52 heavy (non-hydrogen) atoms. The van der Waals surface area contributed by atoms with E-state index in [1.165, 1.54) is 97.3 Å². The molecular formula is C49H30N2S. The topological polar surface area (TPSA) is 7.65 Å². The number of rotatable bonds is 4. The van der Waals surface area contributed by atoms with Crippen molar-refractivity contribution in [3.05, 3.63) is 181 Å². The molecule has 0 N–H and O–H groups in total. The Morgan fingerprint density at radius 3 is 1.98 bits per heavy atom. The number of fused-ring (bicyclic) bond motifs is 12. The zero-order valence-electron chi connectivity index (χ0n) is 28.2. The van der Waals surface area contributed by atoms with E-state index in [-0.39, 0.29) is 0 Å². The molecule has 3 heteroatoms. The first kappa shape index (κ1) is 28.3. The van der Waals surface area contributed by atoms with Crippen LogP contribution in [0.5, 0.6) is 0 Å². The van der Waals surface area contributed by atoms with E-state index < -0.39 is 0 Å². The lowest BCUT2D eigenvalue weighted by atomic mass is 10.0. The van der Waals surface area contributed by atoms with Gasteiger partial charge in [0.15, 0.2) is 0 Å². The molecule has 2 nitrogen and oxygen atoms in total. The SMILES string of the molecule is c1ccc2c(c1)Cc1ccc(N(c3ccc(-c4ccc5c(c4)sc4ccccc45)cc3)c3ccc4c5ccccc5n5c6ccccc6c3c45)cc1-2. The van der Waals surface area contributed by atoms with Crippen LogP contribution in [0, 0.1) is 0 Å². The van der Waals surface area contributed by atoms with Crippen molar-refractivity contribution in [1.82, 2.24) is 4.40 Å². The summed E-state index contributed by atoms with van der Waals surface area (Å²) in [5.74, 6) is 0. The fourth-order valence-electron chi connectivity index (χ4n) is 9.02. The van der Waals surface area contributed by atoms with E-state index >= 15 is 0 Å². The van der Waals surface area contributed by atoms with Gasteiger partial charge >= 0.3 is 0 Å². The molecule has 1 aliphatic carbocycles. The minimum atomic E-state index is 0.981. The van der Waals surface area contributed by atoms with Crippen LogP contribution in [0.1, 0.15) is 11.1 Å². The molecule has 0 unspecified atom stereocenters. The minimum Gasteiger partial charge on any atom is -0.310 e. The van der Waals surface area contributed by atoms with E-state index in [9.17, 15) is 0 Å². The van der Waals surface area contributed by atoms with Crippen molar-refractivity contribution in [2.24, 2.45) is 0 Å². The average molecular weight is 679 g/mol. The fraction of sp³-hybridized carbons (Fsp3) is 0.0204. The number of anilines is 3. The largest absolute Gasteiger partial charge is 0.310 e. The van der Waals surface area contributed by atoms with Gasteiger partial charge in [-0.15, -0.1) is 11.3 Å². The van der Waals surface area contributed by atoms with E-state index in [1.54, 1.807) is 0 Å². The van der Waals surface area contributed by atoms with Crippen molar-refractivity contribution >= 4 is 86.7 Å². The maximum absolute atomic E-state index is 2.49. The average Bonchev–Trinajstić information content (AvgIpc) is 3.95. The zero-order valence-corrected chi connectivity index (χ0v) is 29.0. The van der Waals surface area contributed by atoms with Gasteiger partial charge in [0, 0.05) is 53.1 Å². The van der Waals surface area contributed by atoms with Crippen molar-refractivity contribution in [2.45, 2.75) is 6.42 Å². The number of hydrogen-bond acceptors (Lipinski definition) is 2. The quantitative estimate of drug-likeness (QED) is 0.180. The van der Waals surface area contributed by atoms with Crippen LogP contribution in [0.4, 0.5) is 17.1 Å². The third-order valence-electron chi connectivity index (χ3n) is 11.3. The smallest absolute Gasteiger partial charge is 0.0641 e. The Hall–Kier alpha value is -6.42. The molecule has 0 amide bonds. The number of benzene rings is 8. The van der Waals surface area contributed by atoms with Crippen molar-refractivity contribution in [1.29, 1.82) is 0 Å². The van der Waals surface area contributed by atoms with Gasteiger partial charge in [0.05, 0.1) is 22.2 Å². The van der Waals surface area contributed by atoms with Crippen LogP contribution in [-0.4, -0.2) is 4.40 Å². The fourth-order valence-corrected chi connectivity index (χ4v) is 10.2. The summed E-state index contributed by atoms with van der Waals surface area (Å²) in [6.07, 6.45) is 0.981. The van der Waals surface area contributed by atoms with Crippen LogP contribution in [0.2, 0.25) is 0 Å². The van der Waals surface area contributed by atoms with Gasteiger partial charge in [0.25, 0.3) is 0 Å². The summed E-state index contributed by atoms with van der Waals surface area (Å²) in [5.41, 5.74) is 15.2. The highest BCUT2D eigenvalue weighted by atomic mass is 32.1. The van der Waals surface area contributed by atoms with Gasteiger partial charge in [-0.25, -0.2) is 0 Å². The first-order valence-corrected chi connectivity index (χ1v) is 18.8. The summed E-state index contributed by atoms with van der Waals surface area (Å²) in [4.78, 5) is 2.49. The normalized spacial score (nSPS) is 12.5. The van der Waals surface area contributed by atoms with Gasteiger partial charge in [-0.1, -0.05) is 115 Å². The summed E-state index contributed by atoms with van der Waals surface area (Å²) in [7, 11) is 0. The summed E-state index contributed by atoms with van der Waals surface area (Å²) < 4.78 is 5.14. The number of thiophene rings is 1. The molecule has 0 bridgehead atoms. The predicted molar refractivity (Wildman–Crippen MR) is 222 cm³/mol. The van der Waals surface area contributed by atoms with Gasteiger partial charge in [-0.3, -0.25) is 0 Å². The van der Waals surface area contributed by atoms with Gasteiger partial charge in [-0.05, 0) is 94.4 Å². The summed E-state index contributed by atoms with van der Waals surface area (Å²) in [5, 5.41) is 7.80. The van der Waals surface area contributed by atoms with E-state index in [2.05, 4.69) is 179 Å². The number of para-hydroxylation sites is 2. The Kier molecular flexibility index (Phi) is 5.74. The van der Waals surface area contributed by atoms with E-state index in [4.69, 9.17) is 0 Å². The van der Waals surface area contributed by atoms with Crippen LogP contribution in [0.25, 0.3) is 80.5 Å². The second kappa shape index (κ2) is 10.6. The summed E-state index contributed by atoms with van der Waals surface area (Å²) in [6, 6.07) is 63.2. The van der Waals surface area contributed by atoms with Crippen LogP contribution in [-0.2, 0) is 6.42 Å². The van der Waals surface area contributed by atoms with E-state index in [0.717, 1.165) is 17.8 Å². The molecule has 8 aromatic carbocycles. The predicted octanol–water partition coefficient (Wildman–Crippen LogP) is 13.9. The Labute approximate surface area is 304 Å². The second-order valence-electron chi connectivity index (χ2n) is 14.1. The maximum Gasteiger partial charge on any atom is 0.0641 e. The lowest BCUT2D eigenvalue weighted by Crippen LogP contribution is -2.10. The summed E-state index contributed by atoms with van der Waals surface area (Å²) >= 11 is 1.87. The van der Waals surface area contributed by atoms with Crippen molar-refractivity contribution in [3.8, 4) is 22.3 Å². The number of aromatic nitrogens is 1. The second-order valence-corrected chi connectivity index (χ2v) is 15.2. The molecule has 0 saturated heterocycles. The molecule has 0 spiro atoms. The maximum atomic E-state index is 2.49. The molecule has 1 aliphatic rings. The molecule has 3 aromatic heterocycles. The standard InChI is InChI=1S/C49H30N2S/c1-2-10-36-32(9-1)27-33-19-23-35(29-42(33)36)50(34-21-17-30(18-22-34)31-20-24-39-38-12-5-8-16-46(38)52-47(39)28-31)45-26-25-40-37-11-3-6-14-43(37)51-44-15-7-4-13-41(44)48(45)49(40)51/h1-26,28-29H,27H2. The molecule has 0 aliphatic heterocycles.